The number of carbonyl (C=O) groups is 1. The van der Waals surface area contributed by atoms with E-state index in [9.17, 15) is 4.79 Å². The third kappa shape index (κ3) is 4.18. The van der Waals surface area contributed by atoms with Gasteiger partial charge in [0.05, 0.1) is 7.11 Å². The van der Waals surface area contributed by atoms with Crippen molar-refractivity contribution < 1.29 is 9.53 Å². The normalized spacial score (nSPS) is 17.2. The molecular formula is C24H26N2O2. The summed E-state index contributed by atoms with van der Waals surface area (Å²) < 4.78 is 5.50. The van der Waals surface area contributed by atoms with Gasteiger partial charge < -0.3 is 10.1 Å². The molecule has 2 aliphatic heterocycles. The highest BCUT2D eigenvalue weighted by molar-refractivity contribution is 5.94. The van der Waals surface area contributed by atoms with Crippen molar-refractivity contribution in [2.24, 2.45) is 0 Å². The molecule has 2 heterocycles. The maximum Gasteiger partial charge on any atom is 0.224 e. The smallest absolute Gasteiger partial charge is 0.224 e. The van der Waals surface area contributed by atoms with Crippen LogP contribution in [-0.4, -0.2) is 37.6 Å². The minimum absolute atomic E-state index is 0.112. The lowest BCUT2D eigenvalue weighted by Crippen LogP contribution is -2.28. The Morgan fingerprint density at radius 1 is 1.14 bits per heavy atom. The van der Waals surface area contributed by atoms with E-state index in [0.717, 1.165) is 43.9 Å². The standard InChI is InChI=1S/C24H26N2O2/c1-28-23-7-3-2-6-21(23)19-12-15-26(16-13-19)14-4-5-18-8-10-22-20(17-18)9-11-24(27)25-22/h2-8,10,12,17H,9,11,13-16H2,1H3,(H,25,27). The lowest BCUT2D eigenvalue weighted by Gasteiger charge is -2.26. The lowest BCUT2D eigenvalue weighted by atomic mass is 9.98. The Morgan fingerprint density at radius 2 is 2.04 bits per heavy atom. The molecule has 1 amide bonds. The zero-order valence-corrected chi connectivity index (χ0v) is 16.3. The van der Waals surface area contributed by atoms with Gasteiger partial charge in [-0.15, -0.1) is 0 Å². The molecule has 0 bridgehead atoms. The Morgan fingerprint density at radius 3 is 2.86 bits per heavy atom. The number of fused-ring (bicyclic) bond motifs is 1. The molecule has 144 valence electrons. The van der Waals surface area contributed by atoms with Crippen LogP contribution in [0.5, 0.6) is 5.75 Å². The summed E-state index contributed by atoms with van der Waals surface area (Å²) in [5.74, 6) is 1.06. The second-order valence-electron chi connectivity index (χ2n) is 7.31. The predicted molar refractivity (Wildman–Crippen MR) is 114 cm³/mol. The van der Waals surface area contributed by atoms with Gasteiger partial charge in [-0.3, -0.25) is 9.69 Å². The van der Waals surface area contributed by atoms with Crippen LogP contribution in [0.15, 0.2) is 54.6 Å². The van der Waals surface area contributed by atoms with Crippen molar-refractivity contribution in [3.8, 4) is 5.75 Å². The van der Waals surface area contributed by atoms with Crippen LogP contribution < -0.4 is 10.1 Å². The molecule has 0 saturated carbocycles. The molecule has 1 N–H and O–H groups in total. The molecule has 0 fully saturated rings. The summed E-state index contributed by atoms with van der Waals surface area (Å²) in [5.41, 5.74) is 5.95. The van der Waals surface area contributed by atoms with E-state index < -0.39 is 0 Å². The van der Waals surface area contributed by atoms with E-state index in [2.05, 4.69) is 52.7 Å². The predicted octanol–water partition coefficient (Wildman–Crippen LogP) is 4.38. The summed E-state index contributed by atoms with van der Waals surface area (Å²) in [6.07, 6.45) is 9.16. The number of methoxy groups -OCH3 is 1. The molecule has 0 aromatic heterocycles. The second-order valence-corrected chi connectivity index (χ2v) is 7.31. The summed E-state index contributed by atoms with van der Waals surface area (Å²) in [5, 5.41) is 2.93. The van der Waals surface area contributed by atoms with E-state index in [4.69, 9.17) is 4.74 Å². The highest BCUT2D eigenvalue weighted by Gasteiger charge is 2.15. The van der Waals surface area contributed by atoms with Crippen LogP contribution in [0.4, 0.5) is 5.69 Å². The minimum Gasteiger partial charge on any atom is -0.496 e. The summed E-state index contributed by atoms with van der Waals surface area (Å²) >= 11 is 0. The molecule has 2 aliphatic rings. The molecule has 28 heavy (non-hydrogen) atoms. The molecule has 0 saturated heterocycles. The van der Waals surface area contributed by atoms with Gasteiger partial charge in [-0.1, -0.05) is 42.5 Å². The number of aryl methyl sites for hydroxylation is 1. The van der Waals surface area contributed by atoms with E-state index in [1.54, 1.807) is 7.11 Å². The highest BCUT2D eigenvalue weighted by Crippen LogP contribution is 2.30. The van der Waals surface area contributed by atoms with Gasteiger partial charge in [0, 0.05) is 37.3 Å². The number of nitrogens with one attached hydrogen (secondary N) is 1. The first kappa shape index (κ1) is 18.5. The second kappa shape index (κ2) is 8.44. The monoisotopic (exact) mass is 374 g/mol. The maximum atomic E-state index is 11.5. The van der Waals surface area contributed by atoms with E-state index in [1.165, 1.54) is 22.3 Å². The van der Waals surface area contributed by atoms with Crippen molar-refractivity contribution >= 4 is 23.2 Å². The molecule has 0 unspecified atom stereocenters. The van der Waals surface area contributed by atoms with Crippen molar-refractivity contribution in [1.82, 2.24) is 4.90 Å². The quantitative estimate of drug-likeness (QED) is 0.844. The van der Waals surface area contributed by atoms with Crippen molar-refractivity contribution in [2.45, 2.75) is 19.3 Å². The maximum absolute atomic E-state index is 11.5. The number of amides is 1. The summed E-state index contributed by atoms with van der Waals surface area (Å²) in [6.45, 7) is 2.93. The van der Waals surface area contributed by atoms with Gasteiger partial charge in [0.2, 0.25) is 5.91 Å². The van der Waals surface area contributed by atoms with Gasteiger partial charge in [0.25, 0.3) is 0 Å². The summed E-state index contributed by atoms with van der Waals surface area (Å²) in [6, 6.07) is 14.5. The van der Waals surface area contributed by atoms with Gasteiger partial charge >= 0.3 is 0 Å². The Labute approximate surface area is 166 Å². The first-order valence-electron chi connectivity index (χ1n) is 9.87. The number of rotatable bonds is 5. The first-order chi connectivity index (χ1) is 13.7. The Kier molecular flexibility index (Phi) is 5.58. The molecule has 0 atom stereocenters. The number of benzene rings is 2. The van der Waals surface area contributed by atoms with Gasteiger partial charge in [-0.25, -0.2) is 0 Å². The van der Waals surface area contributed by atoms with Crippen LogP contribution in [0.25, 0.3) is 11.6 Å². The molecule has 4 rings (SSSR count). The minimum atomic E-state index is 0.112. The zero-order valence-electron chi connectivity index (χ0n) is 16.3. The zero-order chi connectivity index (χ0) is 19.3. The van der Waals surface area contributed by atoms with Gasteiger partial charge in [0.1, 0.15) is 5.75 Å². The van der Waals surface area contributed by atoms with Crippen LogP contribution in [0.2, 0.25) is 0 Å². The van der Waals surface area contributed by atoms with E-state index in [0.29, 0.717) is 6.42 Å². The topological polar surface area (TPSA) is 41.6 Å². The Hall–Kier alpha value is -2.85. The Bertz CT molecular complexity index is 930. The van der Waals surface area contributed by atoms with E-state index in [-0.39, 0.29) is 5.91 Å². The van der Waals surface area contributed by atoms with Crippen LogP contribution in [0.3, 0.4) is 0 Å². The van der Waals surface area contributed by atoms with Crippen molar-refractivity contribution in [2.75, 3.05) is 32.1 Å². The van der Waals surface area contributed by atoms with Crippen LogP contribution in [-0.2, 0) is 11.2 Å². The van der Waals surface area contributed by atoms with Crippen molar-refractivity contribution in [1.29, 1.82) is 0 Å². The fourth-order valence-corrected chi connectivity index (χ4v) is 3.88. The number of nitrogens with zero attached hydrogens (tertiary/aromatic N) is 1. The lowest BCUT2D eigenvalue weighted by molar-refractivity contribution is -0.116. The average molecular weight is 374 g/mol. The molecule has 0 spiro atoms. The highest BCUT2D eigenvalue weighted by atomic mass is 16.5. The van der Waals surface area contributed by atoms with Crippen molar-refractivity contribution in [3.63, 3.8) is 0 Å². The summed E-state index contributed by atoms with van der Waals surface area (Å²) in [7, 11) is 1.73. The van der Waals surface area contributed by atoms with Crippen LogP contribution in [0, 0.1) is 0 Å². The molecule has 0 aliphatic carbocycles. The molecule has 4 nitrogen and oxygen atoms in total. The fraction of sp³-hybridized carbons (Fsp3) is 0.292. The summed E-state index contributed by atoms with van der Waals surface area (Å²) in [4.78, 5) is 13.9. The molecule has 2 aromatic carbocycles. The largest absolute Gasteiger partial charge is 0.496 e. The van der Waals surface area contributed by atoms with Crippen LogP contribution >= 0.6 is 0 Å². The number of hydrogen-bond donors (Lipinski definition) is 1. The van der Waals surface area contributed by atoms with E-state index in [1.807, 2.05) is 18.2 Å². The SMILES string of the molecule is COc1ccccc1C1=CCN(CC=Cc2ccc3c(c2)CCC(=O)N3)CC1. The third-order valence-electron chi connectivity index (χ3n) is 5.44. The number of anilines is 1. The first-order valence-corrected chi connectivity index (χ1v) is 9.87. The van der Waals surface area contributed by atoms with Gasteiger partial charge in [0.15, 0.2) is 0 Å². The molecule has 2 aromatic rings. The molecular weight excluding hydrogens is 348 g/mol. The third-order valence-corrected chi connectivity index (χ3v) is 5.44. The van der Waals surface area contributed by atoms with Crippen LogP contribution in [0.1, 0.15) is 29.5 Å². The molecule has 0 radical (unpaired) electrons. The average Bonchev–Trinajstić information content (AvgIpc) is 2.74. The number of para-hydroxylation sites is 1. The van der Waals surface area contributed by atoms with Crippen molar-refractivity contribution in [3.05, 3.63) is 71.3 Å². The van der Waals surface area contributed by atoms with Gasteiger partial charge in [-0.2, -0.15) is 0 Å². The number of hydrogen-bond acceptors (Lipinski definition) is 3. The molecule has 4 heteroatoms. The van der Waals surface area contributed by atoms with Gasteiger partial charge in [-0.05, 0) is 47.7 Å². The Balaban J connectivity index is 1.35. The fourth-order valence-electron chi connectivity index (χ4n) is 3.88. The van der Waals surface area contributed by atoms with E-state index >= 15 is 0 Å². The number of ether oxygens (including phenoxy) is 1. The number of carbonyl (C=O) groups excluding carboxylic acids is 1.